The highest BCUT2D eigenvalue weighted by Crippen LogP contribution is 2.33. The summed E-state index contributed by atoms with van der Waals surface area (Å²) < 4.78 is 11.5. The van der Waals surface area contributed by atoms with Crippen LogP contribution in [0.2, 0.25) is 0 Å². The van der Waals surface area contributed by atoms with E-state index in [0.717, 1.165) is 18.0 Å². The molecule has 1 unspecified atom stereocenters. The van der Waals surface area contributed by atoms with Gasteiger partial charge < -0.3 is 9.47 Å². The molecule has 2 aliphatic rings. The highest BCUT2D eigenvalue weighted by atomic mass is 16.6. The Morgan fingerprint density at radius 1 is 1.20 bits per heavy atom. The first-order valence-electron chi connectivity index (χ1n) is 7.37. The SMILES string of the molecule is N#CCC1COc2ccc(CN3CCCCC3)cc2O1. The van der Waals surface area contributed by atoms with Crippen LogP contribution in [0, 0.1) is 11.3 Å². The van der Waals surface area contributed by atoms with E-state index >= 15 is 0 Å². The van der Waals surface area contributed by atoms with Crippen molar-refractivity contribution in [1.29, 1.82) is 5.26 Å². The van der Waals surface area contributed by atoms with Gasteiger partial charge in [-0.3, -0.25) is 4.90 Å². The van der Waals surface area contributed by atoms with Crippen LogP contribution < -0.4 is 9.47 Å². The smallest absolute Gasteiger partial charge is 0.162 e. The zero-order valence-corrected chi connectivity index (χ0v) is 11.7. The first-order valence-corrected chi connectivity index (χ1v) is 7.37. The Balaban J connectivity index is 1.68. The molecule has 1 aromatic rings. The van der Waals surface area contributed by atoms with E-state index in [2.05, 4.69) is 23.1 Å². The van der Waals surface area contributed by atoms with E-state index in [1.807, 2.05) is 6.07 Å². The normalized spacial score (nSPS) is 22.2. The van der Waals surface area contributed by atoms with E-state index < -0.39 is 0 Å². The van der Waals surface area contributed by atoms with Crippen LogP contribution in [0.1, 0.15) is 31.2 Å². The summed E-state index contributed by atoms with van der Waals surface area (Å²) in [4.78, 5) is 2.49. The van der Waals surface area contributed by atoms with Crippen LogP contribution in [0.3, 0.4) is 0 Å². The third-order valence-corrected chi connectivity index (χ3v) is 3.90. The number of piperidine rings is 1. The summed E-state index contributed by atoms with van der Waals surface area (Å²) in [6, 6.07) is 8.29. The molecule has 0 aliphatic carbocycles. The lowest BCUT2D eigenvalue weighted by Crippen LogP contribution is -2.30. The predicted octanol–water partition coefficient (Wildman–Crippen LogP) is 2.73. The van der Waals surface area contributed by atoms with Crippen molar-refractivity contribution in [2.75, 3.05) is 19.7 Å². The fraction of sp³-hybridized carbons (Fsp3) is 0.562. The number of ether oxygens (including phenoxy) is 2. The Kier molecular flexibility index (Phi) is 4.08. The molecule has 2 aliphatic heterocycles. The van der Waals surface area contributed by atoms with Gasteiger partial charge in [0.1, 0.15) is 12.7 Å². The van der Waals surface area contributed by atoms with Crippen LogP contribution in [-0.4, -0.2) is 30.7 Å². The quantitative estimate of drug-likeness (QED) is 0.848. The molecule has 1 saturated heterocycles. The van der Waals surface area contributed by atoms with Crippen LogP contribution in [-0.2, 0) is 6.54 Å². The van der Waals surface area contributed by atoms with E-state index in [0.29, 0.717) is 13.0 Å². The summed E-state index contributed by atoms with van der Waals surface area (Å²) in [5.74, 6) is 1.58. The fourth-order valence-electron chi connectivity index (χ4n) is 2.84. The third kappa shape index (κ3) is 3.05. The van der Waals surface area contributed by atoms with Gasteiger partial charge in [0.25, 0.3) is 0 Å². The standard InChI is InChI=1S/C16H20N2O2/c17-7-6-14-12-19-15-5-4-13(10-16(15)20-14)11-18-8-2-1-3-9-18/h4-5,10,14H,1-3,6,8-9,11-12H2. The minimum Gasteiger partial charge on any atom is -0.486 e. The molecule has 0 bridgehead atoms. The van der Waals surface area contributed by atoms with E-state index in [-0.39, 0.29) is 6.10 Å². The molecule has 1 fully saturated rings. The third-order valence-electron chi connectivity index (χ3n) is 3.90. The molecule has 0 N–H and O–H groups in total. The largest absolute Gasteiger partial charge is 0.486 e. The fourth-order valence-corrected chi connectivity index (χ4v) is 2.84. The Morgan fingerprint density at radius 2 is 2.05 bits per heavy atom. The highest BCUT2D eigenvalue weighted by molar-refractivity contribution is 5.44. The molecule has 1 aromatic carbocycles. The molecule has 0 aromatic heterocycles. The van der Waals surface area contributed by atoms with Gasteiger partial charge in [-0.1, -0.05) is 12.5 Å². The Bertz CT molecular complexity index is 504. The number of nitrogens with zero attached hydrogens (tertiary/aromatic N) is 2. The number of hydrogen-bond acceptors (Lipinski definition) is 4. The summed E-state index contributed by atoms with van der Waals surface area (Å²) in [6.45, 7) is 3.81. The molecule has 2 heterocycles. The van der Waals surface area contributed by atoms with E-state index in [9.17, 15) is 0 Å². The second-order valence-electron chi connectivity index (χ2n) is 5.53. The molecule has 0 amide bonds. The first kappa shape index (κ1) is 13.3. The number of rotatable bonds is 3. The van der Waals surface area contributed by atoms with Crippen molar-refractivity contribution in [2.24, 2.45) is 0 Å². The molecule has 20 heavy (non-hydrogen) atoms. The second kappa shape index (κ2) is 6.15. The van der Waals surface area contributed by atoms with Crippen LogP contribution in [0.15, 0.2) is 18.2 Å². The van der Waals surface area contributed by atoms with Crippen LogP contribution in [0.5, 0.6) is 11.5 Å². The van der Waals surface area contributed by atoms with Crippen molar-refractivity contribution in [1.82, 2.24) is 4.90 Å². The molecule has 106 valence electrons. The molecule has 4 heteroatoms. The Labute approximate surface area is 119 Å². The van der Waals surface area contributed by atoms with Gasteiger partial charge in [0.15, 0.2) is 11.5 Å². The second-order valence-corrected chi connectivity index (χ2v) is 5.53. The maximum absolute atomic E-state index is 8.75. The highest BCUT2D eigenvalue weighted by Gasteiger charge is 2.21. The van der Waals surface area contributed by atoms with E-state index in [1.165, 1.54) is 37.9 Å². The van der Waals surface area contributed by atoms with Crippen LogP contribution >= 0.6 is 0 Å². The minimum atomic E-state index is -0.141. The van der Waals surface area contributed by atoms with Gasteiger partial charge in [0.2, 0.25) is 0 Å². The molecule has 4 nitrogen and oxygen atoms in total. The molecule has 0 radical (unpaired) electrons. The van der Waals surface area contributed by atoms with Crippen molar-refractivity contribution in [3.05, 3.63) is 23.8 Å². The van der Waals surface area contributed by atoms with Gasteiger partial charge in [0, 0.05) is 6.54 Å². The zero-order valence-electron chi connectivity index (χ0n) is 11.7. The van der Waals surface area contributed by atoms with Crippen molar-refractivity contribution in [2.45, 2.75) is 38.3 Å². The average molecular weight is 272 g/mol. The molecule has 3 rings (SSSR count). The number of likely N-dealkylation sites (tertiary alicyclic amines) is 1. The summed E-state index contributed by atoms with van der Waals surface area (Å²) in [5, 5.41) is 8.75. The van der Waals surface area contributed by atoms with Crippen LogP contribution in [0.4, 0.5) is 0 Å². The van der Waals surface area contributed by atoms with Gasteiger partial charge in [-0.2, -0.15) is 5.26 Å². The summed E-state index contributed by atoms with van der Waals surface area (Å²) in [6.07, 6.45) is 4.19. The van der Waals surface area contributed by atoms with Gasteiger partial charge >= 0.3 is 0 Å². The number of benzene rings is 1. The molecule has 0 saturated carbocycles. The molecular weight excluding hydrogens is 252 g/mol. The summed E-state index contributed by atoms with van der Waals surface area (Å²) in [5.41, 5.74) is 1.26. The maximum atomic E-state index is 8.75. The average Bonchev–Trinajstić information content (AvgIpc) is 2.48. The van der Waals surface area contributed by atoms with Crippen molar-refractivity contribution < 1.29 is 9.47 Å². The van der Waals surface area contributed by atoms with E-state index in [1.54, 1.807) is 0 Å². The lowest BCUT2D eigenvalue weighted by Gasteiger charge is -2.28. The lowest BCUT2D eigenvalue weighted by atomic mass is 10.1. The van der Waals surface area contributed by atoms with Crippen LogP contribution in [0.25, 0.3) is 0 Å². The monoisotopic (exact) mass is 272 g/mol. The van der Waals surface area contributed by atoms with Gasteiger partial charge in [-0.15, -0.1) is 0 Å². The topological polar surface area (TPSA) is 45.5 Å². The molecule has 1 atom stereocenters. The van der Waals surface area contributed by atoms with E-state index in [4.69, 9.17) is 14.7 Å². The van der Waals surface area contributed by atoms with Crippen molar-refractivity contribution in [3.63, 3.8) is 0 Å². The Morgan fingerprint density at radius 3 is 2.85 bits per heavy atom. The number of nitriles is 1. The number of hydrogen-bond donors (Lipinski definition) is 0. The summed E-state index contributed by atoms with van der Waals surface area (Å²) in [7, 11) is 0. The van der Waals surface area contributed by atoms with Crippen molar-refractivity contribution >= 4 is 0 Å². The molecular formula is C16H20N2O2. The number of fused-ring (bicyclic) bond motifs is 1. The van der Waals surface area contributed by atoms with Gasteiger partial charge in [-0.25, -0.2) is 0 Å². The Hall–Kier alpha value is -1.73. The van der Waals surface area contributed by atoms with Gasteiger partial charge in [-0.05, 0) is 43.6 Å². The van der Waals surface area contributed by atoms with Crippen molar-refractivity contribution in [3.8, 4) is 17.6 Å². The first-order chi connectivity index (χ1) is 9.85. The van der Waals surface area contributed by atoms with Gasteiger partial charge in [0.05, 0.1) is 12.5 Å². The predicted molar refractivity (Wildman–Crippen MR) is 75.7 cm³/mol. The maximum Gasteiger partial charge on any atom is 0.162 e. The molecule has 0 spiro atoms. The zero-order chi connectivity index (χ0) is 13.8. The minimum absolute atomic E-state index is 0.141. The summed E-state index contributed by atoms with van der Waals surface area (Å²) >= 11 is 0. The lowest BCUT2D eigenvalue weighted by molar-refractivity contribution is 0.0939.